The Labute approximate surface area is 488 Å². The zero-order valence-corrected chi connectivity index (χ0v) is 49.2. The maximum Gasteiger partial charge on any atom is 0.426 e. The number of fused-ring (bicyclic) bond motifs is 6. The number of hydrogen-bond acceptors (Lipinski definition) is 19. The van der Waals surface area contributed by atoms with E-state index in [1.807, 2.05) is 61.2 Å². The maximum atomic E-state index is 15.5. The Morgan fingerprint density at radius 1 is 0.928 bits per heavy atom. The van der Waals surface area contributed by atoms with Gasteiger partial charge in [-0.3, -0.25) is 39.2 Å². The van der Waals surface area contributed by atoms with Crippen molar-refractivity contribution in [3.63, 3.8) is 0 Å². The number of para-hydroxylation sites is 1. The molecule has 452 valence electrons. The second-order valence-corrected chi connectivity index (χ2v) is 25.6. The predicted molar refractivity (Wildman–Crippen MR) is 309 cm³/mol. The molecule has 1 aliphatic carbocycles. The molecule has 1 saturated carbocycles. The smallest absolute Gasteiger partial charge is 0.426 e. The van der Waals surface area contributed by atoms with Crippen LogP contribution < -0.4 is 36.4 Å². The van der Waals surface area contributed by atoms with Gasteiger partial charge < -0.3 is 65.6 Å². The van der Waals surface area contributed by atoms with Crippen LogP contribution in [0.25, 0.3) is 10.9 Å². The number of carboxylic acid groups (broad SMARTS) is 2. The summed E-state index contributed by atoms with van der Waals surface area (Å²) in [6.07, 6.45) is 3.10. The molecule has 2 bridgehead atoms. The van der Waals surface area contributed by atoms with E-state index in [-0.39, 0.29) is 36.9 Å². The SMILES string of the molecule is CC[C@]1(O)C[C@H]2CN(CCc3c([nH]c4ccccc34)[C@@](C(=O)OC)(c3cc4c(cc3OC)N(C)[C@H]3[C@@](O)(C(=O)NNC(=O)OCCSSCCC(=O)NC[C@H](NC(=O)[C@H](CC(=O)O)NC)C(=O)O)[C@H](O)[C@]5(CC)C=CCN6CC[C@]43[C@@H]65)C2)C1. The molecule has 3 aromatic rings. The normalized spacial score (nSPS) is 30.2. The van der Waals surface area contributed by atoms with Gasteiger partial charge in [0.25, 0.3) is 5.91 Å². The third kappa shape index (κ3) is 10.8. The highest BCUT2D eigenvalue weighted by molar-refractivity contribution is 8.76. The summed E-state index contributed by atoms with van der Waals surface area (Å²) < 4.78 is 17.7. The number of carbonyl (C=O) groups is 7. The highest BCUT2D eigenvalue weighted by atomic mass is 33.1. The minimum atomic E-state index is -2.60. The molecule has 83 heavy (non-hydrogen) atoms. The summed E-state index contributed by atoms with van der Waals surface area (Å²) in [5.74, 6) is -4.88. The number of benzene rings is 2. The van der Waals surface area contributed by atoms with Crippen molar-refractivity contribution in [2.75, 3.05) is 90.6 Å². The van der Waals surface area contributed by atoms with Gasteiger partial charge in [0.15, 0.2) is 5.60 Å². The fourth-order valence-corrected chi connectivity index (χ4v) is 16.8. The quantitative estimate of drug-likeness (QED) is 0.0237. The second-order valence-electron chi connectivity index (χ2n) is 22.9. The van der Waals surface area contributed by atoms with Gasteiger partial charge in [-0.2, -0.15) is 0 Å². The van der Waals surface area contributed by atoms with E-state index in [4.69, 9.17) is 19.3 Å². The molecule has 6 heterocycles. The molecule has 26 heteroatoms. The largest absolute Gasteiger partial charge is 0.496 e. The number of aliphatic hydroxyl groups is 3. The standard InChI is InChI=1S/C57H77N9O15S2/c1-7-53(77)27-32-28-56(51(75)80-6,44-34(14-19-65(30-32)31-53)33-12-9-10-13-37(33)60-44)36-24-35-40(26-41(36)79-5)64(4)48-55(35)17-20-66-18-11-16-54(8-2,47(55)66)49(73)57(48,78)50(74)62-63-52(76)81-21-23-83-82-22-15-42(67)59-29-39(46(71)72)61-45(70)38(58-3)25-43(68)69/h9-13,16,24,26,32,38-39,47-49,58,60,73,77-78H,7-8,14-15,17-23,25,27-31H2,1-6H3,(H,59,67)(H,61,70)(H,62,74)(H,63,76)(H,68,69)(H,71,72)/t32-,38+,39+,47+,48-,49-,53+,54-,55-,56+,57+/m1/s1. The molecule has 6 aliphatic rings. The Balaban J connectivity index is 0.947. The molecule has 0 radical (unpaired) electrons. The first-order valence-corrected chi connectivity index (χ1v) is 30.7. The van der Waals surface area contributed by atoms with E-state index in [0.717, 1.165) is 22.0 Å². The number of piperidine rings is 1. The summed E-state index contributed by atoms with van der Waals surface area (Å²) in [5, 5.41) is 65.2. The average molecular weight is 1190 g/mol. The topological polar surface area (TPSA) is 334 Å². The molecule has 9 rings (SSSR count). The van der Waals surface area contributed by atoms with Gasteiger partial charge >= 0.3 is 24.0 Å². The zero-order chi connectivity index (χ0) is 59.8. The number of H-pyrrole nitrogens is 1. The minimum absolute atomic E-state index is 0.0199. The van der Waals surface area contributed by atoms with Gasteiger partial charge in [-0.1, -0.05) is 65.8 Å². The molecular weight excluding hydrogens is 1110 g/mol. The number of amides is 4. The number of ether oxygens (including phenoxy) is 3. The number of hydrazine groups is 1. The highest BCUT2D eigenvalue weighted by Crippen LogP contribution is 2.67. The third-order valence-corrected chi connectivity index (χ3v) is 20.9. The predicted octanol–water partition coefficient (Wildman–Crippen LogP) is 1.52. The van der Waals surface area contributed by atoms with Gasteiger partial charge in [0.2, 0.25) is 11.8 Å². The van der Waals surface area contributed by atoms with E-state index in [2.05, 4.69) is 47.7 Å². The maximum absolute atomic E-state index is 15.5. The number of anilines is 1. The fourth-order valence-electron chi connectivity index (χ4n) is 15.0. The van der Waals surface area contributed by atoms with Crippen molar-refractivity contribution in [2.45, 2.75) is 118 Å². The molecule has 2 saturated heterocycles. The lowest BCUT2D eigenvalue weighted by molar-refractivity contribution is -0.204. The first kappa shape index (κ1) is 61.4. The van der Waals surface area contributed by atoms with Gasteiger partial charge in [-0.25, -0.2) is 15.0 Å². The monoisotopic (exact) mass is 1190 g/mol. The Bertz CT molecular complexity index is 3040. The molecule has 11 N–H and O–H groups in total. The summed E-state index contributed by atoms with van der Waals surface area (Å²) in [7, 11) is 8.62. The fraction of sp³-hybridized carbons (Fsp3) is 0.596. The lowest BCUT2D eigenvalue weighted by Crippen LogP contribution is -2.82. The number of carboxylic acids is 2. The number of aromatic nitrogens is 1. The van der Waals surface area contributed by atoms with Crippen LogP contribution in [0.2, 0.25) is 0 Å². The van der Waals surface area contributed by atoms with Crippen molar-refractivity contribution in [3.05, 3.63) is 70.9 Å². The van der Waals surface area contributed by atoms with Gasteiger partial charge in [-0.15, -0.1) is 0 Å². The van der Waals surface area contributed by atoms with E-state index in [1.165, 1.54) is 35.7 Å². The van der Waals surface area contributed by atoms with Crippen LogP contribution in [0.3, 0.4) is 0 Å². The van der Waals surface area contributed by atoms with Crippen LogP contribution >= 0.6 is 21.6 Å². The zero-order valence-electron chi connectivity index (χ0n) is 47.6. The molecule has 1 aromatic heterocycles. The minimum Gasteiger partial charge on any atom is -0.496 e. The summed E-state index contributed by atoms with van der Waals surface area (Å²) in [4.78, 5) is 102. The lowest BCUT2D eigenvalue weighted by Gasteiger charge is -2.63. The van der Waals surface area contributed by atoms with Gasteiger partial charge in [0.1, 0.15) is 29.9 Å². The van der Waals surface area contributed by atoms with Gasteiger partial charge in [0, 0.05) is 108 Å². The highest BCUT2D eigenvalue weighted by Gasteiger charge is 2.79. The van der Waals surface area contributed by atoms with Crippen LogP contribution in [0.1, 0.15) is 81.2 Å². The van der Waals surface area contributed by atoms with Crippen LogP contribution in [-0.2, 0) is 55.5 Å². The van der Waals surface area contributed by atoms with Crippen LogP contribution in [0, 0.1) is 11.3 Å². The van der Waals surface area contributed by atoms with Gasteiger partial charge in [-0.05, 0) is 81.3 Å². The van der Waals surface area contributed by atoms with Gasteiger partial charge in [0.05, 0.1) is 38.3 Å². The Morgan fingerprint density at radius 2 is 1.69 bits per heavy atom. The summed E-state index contributed by atoms with van der Waals surface area (Å²) in [5.41, 5.74) is 1.66. The number of nitrogens with one attached hydrogen (secondary N) is 6. The van der Waals surface area contributed by atoms with Crippen LogP contribution in [-0.4, -0.2) is 209 Å². The molecule has 4 amide bonds. The van der Waals surface area contributed by atoms with E-state index in [9.17, 15) is 44.4 Å². The lowest BCUT2D eigenvalue weighted by atomic mass is 9.47. The molecule has 24 nitrogen and oxygen atoms in total. The molecule has 5 aliphatic heterocycles. The number of aromatic amines is 1. The molecule has 3 fully saturated rings. The Hall–Kier alpha value is -6.13. The summed E-state index contributed by atoms with van der Waals surface area (Å²) >= 11 is 0. The summed E-state index contributed by atoms with van der Waals surface area (Å²) in [6, 6.07) is 7.59. The van der Waals surface area contributed by atoms with Crippen LogP contribution in [0.15, 0.2) is 48.6 Å². The number of likely N-dealkylation sites (N-methyl/N-ethyl adjacent to an activating group) is 2. The first-order chi connectivity index (χ1) is 39.6. The number of nitrogens with zero attached hydrogens (tertiary/aromatic N) is 3. The Kier molecular flexibility index (Phi) is 18.1. The summed E-state index contributed by atoms with van der Waals surface area (Å²) in [6.45, 7) is 6.24. The number of hydrogen-bond donors (Lipinski definition) is 11. The molecule has 1 unspecified atom stereocenters. The van der Waals surface area contributed by atoms with Crippen LogP contribution in [0.5, 0.6) is 5.75 Å². The molecular formula is C57H77N9O15S2. The van der Waals surface area contributed by atoms with Crippen molar-refractivity contribution < 1.29 is 73.3 Å². The van der Waals surface area contributed by atoms with E-state index >= 15 is 9.59 Å². The van der Waals surface area contributed by atoms with Crippen molar-refractivity contribution in [3.8, 4) is 5.75 Å². The molecule has 1 spiro atoms. The number of carbonyl (C=O) groups excluding carboxylic acids is 5. The van der Waals surface area contributed by atoms with Crippen molar-refractivity contribution in [1.82, 2.24) is 41.6 Å². The molecule has 12 atom stereocenters. The second kappa shape index (κ2) is 24.5. The number of esters is 1. The van der Waals surface area contributed by atoms with E-state index in [0.29, 0.717) is 87.5 Å². The number of rotatable bonds is 21. The van der Waals surface area contributed by atoms with Crippen LogP contribution in [0.4, 0.5) is 10.5 Å². The number of methoxy groups -OCH3 is 2. The molecule has 2 aromatic carbocycles. The average Bonchev–Trinajstić information content (AvgIpc) is 2.26. The van der Waals surface area contributed by atoms with Crippen molar-refractivity contribution in [1.29, 1.82) is 0 Å². The number of aliphatic carboxylic acids is 2. The third-order valence-electron chi connectivity index (χ3n) is 18.5. The number of aliphatic hydroxyl groups excluding tert-OH is 1. The first-order valence-electron chi connectivity index (χ1n) is 28.2. The van der Waals surface area contributed by atoms with E-state index < -0.39 is 112 Å². The Morgan fingerprint density at radius 3 is 2.39 bits per heavy atom. The van der Waals surface area contributed by atoms with Crippen molar-refractivity contribution >= 4 is 79.9 Å². The van der Waals surface area contributed by atoms with Crippen molar-refractivity contribution in [2.24, 2.45) is 11.3 Å². The van der Waals surface area contributed by atoms with E-state index in [1.54, 1.807) is 14.2 Å².